The van der Waals surface area contributed by atoms with Gasteiger partial charge >= 0.3 is 0 Å². The molecule has 1 N–H and O–H groups in total. The Balaban J connectivity index is 0.000000167. The molecule has 4 aliphatic rings. The number of rotatable bonds is 11. The van der Waals surface area contributed by atoms with Gasteiger partial charge < -0.3 is 23.6 Å². The van der Waals surface area contributed by atoms with Gasteiger partial charge in [-0.3, -0.25) is 9.78 Å². The largest absolute Gasteiger partial charge is 0.385 e. The molecule has 4 saturated carbocycles. The molecular weight excluding hydrogens is 880 g/mol. The number of aromatic nitrogens is 3. The van der Waals surface area contributed by atoms with E-state index >= 15 is 0 Å². The van der Waals surface area contributed by atoms with Gasteiger partial charge in [0.1, 0.15) is 28.7 Å². The van der Waals surface area contributed by atoms with E-state index in [1.807, 2.05) is 30.3 Å². The number of carbonyl (C=O) groups is 1. The minimum atomic E-state index is -0.912. The van der Waals surface area contributed by atoms with Crippen LogP contribution in [0.4, 0.5) is 0 Å². The fourth-order valence-electron chi connectivity index (χ4n) is 8.51. The molecule has 0 bridgehead atoms. The lowest BCUT2D eigenvalue weighted by Crippen LogP contribution is -2.34. The Morgan fingerprint density at radius 1 is 0.639 bits per heavy atom. The Bertz CT molecular complexity index is 2510. The summed E-state index contributed by atoms with van der Waals surface area (Å²) < 4.78 is 23.9. The predicted octanol–water partition coefficient (Wildman–Crippen LogP) is 13.6. The third kappa shape index (κ3) is 9.41. The molecule has 9 nitrogen and oxygen atoms in total. The van der Waals surface area contributed by atoms with Gasteiger partial charge in [0.2, 0.25) is 0 Å². The number of aliphatic hydroxyl groups is 1. The number of hydrogen-bond donors (Lipinski definition) is 1. The molecule has 10 rings (SSSR count). The van der Waals surface area contributed by atoms with Crippen LogP contribution >= 0.6 is 58.0 Å². The lowest BCUT2D eigenvalue weighted by atomic mass is 9.78. The van der Waals surface area contributed by atoms with Crippen molar-refractivity contribution in [3.8, 4) is 22.5 Å². The first-order chi connectivity index (χ1) is 29.6. The molecule has 0 unspecified atom stereocenters. The van der Waals surface area contributed by atoms with Crippen molar-refractivity contribution in [2.75, 3.05) is 0 Å². The standard InChI is InChI=1S/C28H25Cl3N2O3.C19H19Cl2NO3/c29-21-10-13-32-24-14-17(6-7-19(21)24)28(34)11-8-18(9-12-28)35-15-20-26(33-36-27(20)16-4-5-16)25-22(30)2-1-3-23(25)31;20-15-2-1-3-16(21)17(15)18-14(19(25-22-18)11-4-5-11)10-24-13-8-6-12(23)7-9-13/h1-3,6-7,10,13-14,16,18,34H,4-5,8-9,11-12,15H2;1-3,11,13H,4-10H2. The van der Waals surface area contributed by atoms with Crippen molar-refractivity contribution in [2.24, 2.45) is 0 Å². The number of pyridine rings is 1. The Kier molecular flexibility index (Phi) is 12.8. The molecule has 0 atom stereocenters. The van der Waals surface area contributed by atoms with Gasteiger partial charge in [-0.05, 0) is 106 Å². The SMILES string of the molecule is O=C1CCC(OCc2c(-c3c(Cl)cccc3Cl)noc2C2CC2)CC1.OC1(c2ccc3c(Cl)ccnc3c2)CCC(OCc2c(-c3c(Cl)cccc3Cl)noc2C2CC2)CC1. The summed E-state index contributed by atoms with van der Waals surface area (Å²) in [4.78, 5) is 15.8. The summed E-state index contributed by atoms with van der Waals surface area (Å²) in [5.41, 5.74) is 5.31. The van der Waals surface area contributed by atoms with E-state index in [9.17, 15) is 9.90 Å². The van der Waals surface area contributed by atoms with E-state index < -0.39 is 5.60 Å². The summed E-state index contributed by atoms with van der Waals surface area (Å²) >= 11 is 32.0. The van der Waals surface area contributed by atoms with Crippen molar-refractivity contribution < 1.29 is 28.4 Å². The molecule has 3 aromatic heterocycles. The third-order valence-corrected chi connectivity index (χ3v) is 13.9. The molecule has 0 saturated heterocycles. The molecule has 0 aliphatic heterocycles. The van der Waals surface area contributed by atoms with Crippen LogP contribution in [0.5, 0.6) is 0 Å². The van der Waals surface area contributed by atoms with Gasteiger partial charge in [-0.2, -0.15) is 0 Å². The van der Waals surface area contributed by atoms with Crippen LogP contribution in [0.25, 0.3) is 33.4 Å². The Hall–Kier alpha value is -3.51. The normalized spacial score (nSPS) is 20.8. The molecule has 4 fully saturated rings. The van der Waals surface area contributed by atoms with Gasteiger partial charge in [-0.1, -0.05) is 92.6 Å². The highest BCUT2D eigenvalue weighted by Crippen LogP contribution is 2.48. The molecule has 6 aromatic rings. The number of fused-ring (bicyclic) bond motifs is 1. The van der Waals surface area contributed by atoms with Gasteiger partial charge in [0.05, 0.1) is 61.7 Å². The quantitative estimate of drug-likeness (QED) is 0.135. The molecular formula is C47H44Cl5N3O6. The molecule has 318 valence electrons. The van der Waals surface area contributed by atoms with Crippen LogP contribution in [-0.2, 0) is 33.1 Å². The number of nitrogens with zero attached hydrogens (tertiary/aromatic N) is 3. The molecule has 0 spiro atoms. The van der Waals surface area contributed by atoms with Crippen LogP contribution in [0, 0.1) is 0 Å². The fraction of sp³-hybridized carbons (Fsp3) is 0.404. The van der Waals surface area contributed by atoms with Gasteiger partial charge in [-0.25, -0.2) is 0 Å². The summed E-state index contributed by atoms with van der Waals surface area (Å²) in [6.45, 7) is 0.777. The molecule has 3 aromatic carbocycles. The molecule has 0 amide bonds. The minimum Gasteiger partial charge on any atom is -0.385 e. The first-order valence-electron chi connectivity index (χ1n) is 20.9. The van der Waals surface area contributed by atoms with Crippen molar-refractivity contribution in [2.45, 2.75) is 120 Å². The number of hydrogen-bond acceptors (Lipinski definition) is 9. The molecule has 0 radical (unpaired) electrons. The zero-order valence-electron chi connectivity index (χ0n) is 33.3. The van der Waals surface area contributed by atoms with E-state index in [0.717, 1.165) is 90.5 Å². The van der Waals surface area contributed by atoms with Crippen LogP contribution < -0.4 is 0 Å². The lowest BCUT2D eigenvalue weighted by Gasteiger charge is -2.36. The maximum Gasteiger partial charge on any atom is 0.145 e. The summed E-state index contributed by atoms with van der Waals surface area (Å²) in [7, 11) is 0. The van der Waals surface area contributed by atoms with Crippen molar-refractivity contribution in [1.29, 1.82) is 0 Å². The van der Waals surface area contributed by atoms with E-state index in [2.05, 4.69) is 15.3 Å². The van der Waals surface area contributed by atoms with Crippen molar-refractivity contribution in [1.82, 2.24) is 15.3 Å². The van der Waals surface area contributed by atoms with E-state index in [4.69, 9.17) is 76.5 Å². The Labute approximate surface area is 378 Å². The average molecular weight is 924 g/mol. The number of ketones is 1. The second-order valence-corrected chi connectivity index (χ2v) is 18.6. The smallest absolute Gasteiger partial charge is 0.145 e. The number of benzene rings is 3. The molecule has 14 heteroatoms. The van der Waals surface area contributed by atoms with Crippen molar-refractivity contribution in [3.63, 3.8) is 0 Å². The highest BCUT2D eigenvalue weighted by atomic mass is 35.5. The number of halogens is 5. The van der Waals surface area contributed by atoms with Crippen molar-refractivity contribution >= 4 is 74.7 Å². The van der Waals surface area contributed by atoms with E-state index in [1.54, 1.807) is 36.5 Å². The highest BCUT2D eigenvalue weighted by Gasteiger charge is 2.38. The summed E-state index contributed by atoms with van der Waals surface area (Å²) in [6.07, 6.45) is 11.7. The van der Waals surface area contributed by atoms with E-state index in [1.165, 1.54) is 0 Å². The lowest BCUT2D eigenvalue weighted by molar-refractivity contribution is -0.123. The number of ether oxygens (including phenoxy) is 2. The summed E-state index contributed by atoms with van der Waals surface area (Å²) in [6, 6.07) is 18.4. The Morgan fingerprint density at radius 3 is 1.62 bits per heavy atom. The van der Waals surface area contributed by atoms with Crippen LogP contribution in [0.15, 0.2) is 75.9 Å². The zero-order valence-corrected chi connectivity index (χ0v) is 37.1. The minimum absolute atomic E-state index is 0.0230. The van der Waals surface area contributed by atoms with Gasteiger partial charge in [0.25, 0.3) is 0 Å². The second kappa shape index (κ2) is 18.3. The molecule has 4 aliphatic carbocycles. The van der Waals surface area contributed by atoms with Gasteiger partial charge in [0, 0.05) is 58.5 Å². The topological polar surface area (TPSA) is 121 Å². The van der Waals surface area contributed by atoms with Crippen LogP contribution in [0.2, 0.25) is 25.1 Å². The average Bonchev–Trinajstić information content (AvgIpc) is 4.20. The number of carbonyl (C=O) groups excluding carboxylic acids is 1. The maximum absolute atomic E-state index is 11.4. The van der Waals surface area contributed by atoms with Crippen LogP contribution in [-0.4, -0.2) is 38.4 Å². The predicted molar refractivity (Wildman–Crippen MR) is 238 cm³/mol. The highest BCUT2D eigenvalue weighted by molar-refractivity contribution is 6.39. The van der Waals surface area contributed by atoms with Crippen molar-refractivity contribution in [3.05, 3.63) is 120 Å². The van der Waals surface area contributed by atoms with Gasteiger partial charge in [0.15, 0.2) is 0 Å². The van der Waals surface area contributed by atoms with Crippen LogP contribution in [0.3, 0.4) is 0 Å². The monoisotopic (exact) mass is 921 g/mol. The molecule has 3 heterocycles. The summed E-state index contributed by atoms with van der Waals surface area (Å²) in [5, 5.41) is 23.8. The molecule has 61 heavy (non-hydrogen) atoms. The van der Waals surface area contributed by atoms with Gasteiger partial charge in [-0.15, -0.1) is 0 Å². The summed E-state index contributed by atoms with van der Waals surface area (Å²) in [5.74, 6) is 2.87. The van der Waals surface area contributed by atoms with E-state index in [0.29, 0.717) is 104 Å². The zero-order chi connectivity index (χ0) is 42.3. The maximum atomic E-state index is 11.4. The Morgan fingerprint density at radius 2 is 1.13 bits per heavy atom. The van der Waals surface area contributed by atoms with E-state index in [-0.39, 0.29) is 12.2 Å². The fourth-order valence-corrected chi connectivity index (χ4v) is 9.87. The second-order valence-electron chi connectivity index (χ2n) is 16.6. The first-order valence-corrected chi connectivity index (χ1v) is 22.8. The third-order valence-electron chi connectivity index (χ3n) is 12.3. The first kappa shape index (κ1) is 42.8. The number of Topliss-reactive ketones (excluding diaryl/α,β-unsaturated/α-hetero) is 1. The van der Waals surface area contributed by atoms with Crippen LogP contribution in [0.1, 0.15) is 117 Å².